The van der Waals surface area contributed by atoms with Crippen molar-refractivity contribution in [2.45, 2.75) is 51.6 Å². The van der Waals surface area contributed by atoms with E-state index < -0.39 is 0 Å². The van der Waals surface area contributed by atoms with E-state index in [0.29, 0.717) is 32.0 Å². The Kier molecular flexibility index (Phi) is 5.63. The predicted octanol–water partition coefficient (Wildman–Crippen LogP) is 2.02. The number of hydrogen-bond acceptors (Lipinski definition) is 3. The fourth-order valence-electron chi connectivity index (χ4n) is 4.54. The molecule has 0 spiro atoms. The first-order valence-corrected chi connectivity index (χ1v) is 9.92. The summed E-state index contributed by atoms with van der Waals surface area (Å²) in [6, 6.07) is 7.98. The van der Waals surface area contributed by atoms with Gasteiger partial charge in [-0.15, -0.1) is 0 Å². The third-order valence-electron chi connectivity index (χ3n) is 5.48. The number of guanidine groups is 1. The van der Waals surface area contributed by atoms with Crippen molar-refractivity contribution in [3.05, 3.63) is 29.8 Å². The summed E-state index contributed by atoms with van der Waals surface area (Å²) in [4.78, 5) is 33.3. The molecule has 7 nitrogen and oxygen atoms in total. The van der Waals surface area contributed by atoms with Gasteiger partial charge in [-0.3, -0.25) is 14.6 Å². The number of para-hydroxylation sites is 1. The summed E-state index contributed by atoms with van der Waals surface area (Å²) in [7, 11) is 1.73. The maximum Gasteiger partial charge on any atom is 0.242 e. The van der Waals surface area contributed by atoms with E-state index in [1.165, 1.54) is 0 Å². The Balaban J connectivity index is 1.62. The standard InChI is InChI=1S/C21H31N5O2/c1-14(2)26-18(27)12-25(13-21(26,3)4)20(22-5)23-11-10-16-15-8-6-7-9-17(15)24-19(16)28/h6-9,14,16H,10-13H2,1-5H3,(H,22,23)(H,24,28). The van der Waals surface area contributed by atoms with Gasteiger partial charge in [0.1, 0.15) is 0 Å². The molecular weight excluding hydrogens is 354 g/mol. The molecule has 152 valence electrons. The van der Waals surface area contributed by atoms with E-state index in [9.17, 15) is 9.59 Å². The highest BCUT2D eigenvalue weighted by Crippen LogP contribution is 2.34. The highest BCUT2D eigenvalue weighted by molar-refractivity contribution is 6.02. The number of hydrogen-bond donors (Lipinski definition) is 2. The van der Waals surface area contributed by atoms with Crippen molar-refractivity contribution in [3.8, 4) is 0 Å². The van der Waals surface area contributed by atoms with E-state index >= 15 is 0 Å². The average molecular weight is 386 g/mol. The Bertz CT molecular complexity index is 787. The van der Waals surface area contributed by atoms with Crippen molar-refractivity contribution in [3.63, 3.8) is 0 Å². The van der Waals surface area contributed by atoms with Crippen LogP contribution < -0.4 is 10.6 Å². The van der Waals surface area contributed by atoms with Gasteiger partial charge in [0, 0.05) is 31.9 Å². The molecule has 1 saturated heterocycles. The fourth-order valence-corrected chi connectivity index (χ4v) is 4.54. The van der Waals surface area contributed by atoms with Crippen LogP contribution >= 0.6 is 0 Å². The Morgan fingerprint density at radius 1 is 1.32 bits per heavy atom. The maximum absolute atomic E-state index is 12.7. The summed E-state index contributed by atoms with van der Waals surface area (Å²) < 4.78 is 0. The van der Waals surface area contributed by atoms with Crippen LogP contribution in [0.4, 0.5) is 5.69 Å². The Morgan fingerprint density at radius 2 is 2.04 bits per heavy atom. The SMILES string of the molecule is CN=C(NCCC1C(=O)Nc2ccccc21)N1CC(=O)N(C(C)C)C(C)(C)C1. The molecule has 2 amide bonds. The molecule has 2 N–H and O–H groups in total. The molecule has 3 rings (SSSR count). The summed E-state index contributed by atoms with van der Waals surface area (Å²) in [6.45, 7) is 9.91. The summed E-state index contributed by atoms with van der Waals surface area (Å²) in [6.07, 6.45) is 0.672. The Labute approximate surface area is 167 Å². The lowest BCUT2D eigenvalue weighted by Gasteiger charge is -2.49. The van der Waals surface area contributed by atoms with E-state index in [0.717, 1.165) is 11.3 Å². The summed E-state index contributed by atoms with van der Waals surface area (Å²) in [5, 5.41) is 6.28. The van der Waals surface area contributed by atoms with Gasteiger partial charge in [0.05, 0.1) is 18.0 Å². The smallest absolute Gasteiger partial charge is 0.242 e. The molecule has 2 aliphatic rings. The zero-order valence-corrected chi connectivity index (χ0v) is 17.5. The second-order valence-corrected chi connectivity index (χ2v) is 8.42. The normalized spacial score (nSPS) is 21.8. The van der Waals surface area contributed by atoms with Crippen molar-refractivity contribution in [1.29, 1.82) is 0 Å². The van der Waals surface area contributed by atoms with E-state index in [-0.39, 0.29) is 29.3 Å². The number of anilines is 1. The van der Waals surface area contributed by atoms with Crippen molar-refractivity contribution < 1.29 is 9.59 Å². The lowest BCUT2D eigenvalue weighted by Crippen LogP contribution is -2.66. The van der Waals surface area contributed by atoms with E-state index in [1.807, 2.05) is 47.9 Å². The largest absolute Gasteiger partial charge is 0.356 e. The van der Waals surface area contributed by atoms with Crippen LogP contribution in [0.2, 0.25) is 0 Å². The first-order valence-electron chi connectivity index (χ1n) is 9.92. The monoisotopic (exact) mass is 385 g/mol. The Hall–Kier alpha value is -2.57. The minimum atomic E-state index is -0.272. The molecule has 0 radical (unpaired) electrons. The van der Waals surface area contributed by atoms with Gasteiger partial charge in [0.25, 0.3) is 0 Å². The zero-order valence-electron chi connectivity index (χ0n) is 17.5. The van der Waals surface area contributed by atoms with Gasteiger partial charge in [-0.25, -0.2) is 0 Å². The summed E-state index contributed by atoms with van der Waals surface area (Å²) in [5.74, 6) is 0.701. The number of aliphatic imine (C=N–C) groups is 1. The maximum atomic E-state index is 12.7. The van der Waals surface area contributed by atoms with Gasteiger partial charge in [-0.05, 0) is 45.7 Å². The fraction of sp³-hybridized carbons (Fsp3) is 0.571. The number of benzene rings is 1. The van der Waals surface area contributed by atoms with Gasteiger partial charge < -0.3 is 20.4 Å². The highest BCUT2D eigenvalue weighted by Gasteiger charge is 2.40. The van der Waals surface area contributed by atoms with Crippen LogP contribution in [0.1, 0.15) is 45.6 Å². The van der Waals surface area contributed by atoms with Gasteiger partial charge in [0.2, 0.25) is 11.8 Å². The number of rotatable bonds is 4. The van der Waals surface area contributed by atoms with Crippen LogP contribution in [0.15, 0.2) is 29.3 Å². The molecule has 0 aromatic heterocycles. The molecule has 1 aromatic rings. The van der Waals surface area contributed by atoms with Crippen LogP contribution in [0.25, 0.3) is 0 Å². The molecule has 1 fully saturated rings. The molecule has 2 heterocycles. The number of carbonyl (C=O) groups is 2. The molecule has 1 unspecified atom stereocenters. The number of piperazine rings is 1. The topological polar surface area (TPSA) is 77.0 Å². The van der Waals surface area contributed by atoms with Crippen molar-refractivity contribution in [1.82, 2.24) is 15.1 Å². The number of nitrogens with one attached hydrogen (secondary N) is 2. The molecule has 0 aliphatic carbocycles. The van der Waals surface area contributed by atoms with E-state index in [1.54, 1.807) is 7.05 Å². The summed E-state index contributed by atoms with van der Waals surface area (Å²) >= 11 is 0. The zero-order chi connectivity index (χ0) is 20.5. The summed E-state index contributed by atoms with van der Waals surface area (Å²) in [5.41, 5.74) is 1.68. The predicted molar refractivity (Wildman–Crippen MR) is 111 cm³/mol. The van der Waals surface area contributed by atoms with E-state index in [2.05, 4.69) is 29.5 Å². The molecular formula is C21H31N5O2. The van der Waals surface area contributed by atoms with Gasteiger partial charge in [0.15, 0.2) is 5.96 Å². The number of nitrogens with zero attached hydrogens (tertiary/aromatic N) is 3. The molecule has 0 bridgehead atoms. The third kappa shape index (κ3) is 3.84. The Morgan fingerprint density at radius 3 is 2.68 bits per heavy atom. The average Bonchev–Trinajstić information content (AvgIpc) is 2.92. The lowest BCUT2D eigenvalue weighted by atomic mass is 9.96. The third-order valence-corrected chi connectivity index (χ3v) is 5.48. The first kappa shape index (κ1) is 20.2. The minimum Gasteiger partial charge on any atom is -0.356 e. The van der Waals surface area contributed by atoms with Gasteiger partial charge in [-0.1, -0.05) is 18.2 Å². The number of fused-ring (bicyclic) bond motifs is 1. The molecule has 1 atom stereocenters. The van der Waals surface area contributed by atoms with Gasteiger partial charge in [-0.2, -0.15) is 0 Å². The minimum absolute atomic E-state index is 0.0415. The van der Waals surface area contributed by atoms with Crippen LogP contribution in [-0.4, -0.2) is 65.8 Å². The van der Waals surface area contributed by atoms with Gasteiger partial charge >= 0.3 is 0 Å². The first-order chi connectivity index (χ1) is 13.2. The van der Waals surface area contributed by atoms with Crippen molar-refractivity contribution in [2.75, 3.05) is 32.0 Å². The second-order valence-electron chi connectivity index (χ2n) is 8.42. The second kappa shape index (κ2) is 7.81. The molecule has 7 heteroatoms. The van der Waals surface area contributed by atoms with Crippen LogP contribution in [0.3, 0.4) is 0 Å². The van der Waals surface area contributed by atoms with E-state index in [4.69, 9.17) is 0 Å². The molecule has 28 heavy (non-hydrogen) atoms. The molecule has 0 saturated carbocycles. The highest BCUT2D eigenvalue weighted by atomic mass is 16.2. The van der Waals surface area contributed by atoms with Crippen LogP contribution in [0, 0.1) is 0 Å². The quantitative estimate of drug-likeness (QED) is 0.614. The van der Waals surface area contributed by atoms with Crippen LogP contribution in [0.5, 0.6) is 0 Å². The lowest BCUT2D eigenvalue weighted by molar-refractivity contribution is -0.145. The molecule has 1 aromatic carbocycles. The van der Waals surface area contributed by atoms with Crippen molar-refractivity contribution in [2.24, 2.45) is 4.99 Å². The number of carbonyl (C=O) groups excluding carboxylic acids is 2. The van der Waals surface area contributed by atoms with Crippen LogP contribution in [-0.2, 0) is 9.59 Å². The van der Waals surface area contributed by atoms with Crippen molar-refractivity contribution >= 4 is 23.5 Å². The number of amides is 2. The molecule has 2 aliphatic heterocycles.